The molecule has 0 unspecified atom stereocenters. The van der Waals surface area contributed by atoms with Crippen molar-refractivity contribution in [1.82, 2.24) is 20.1 Å². The number of hydrogen-bond donors (Lipinski definition) is 2. The Kier molecular flexibility index (Phi) is 3.46. The lowest BCUT2D eigenvalue weighted by Crippen LogP contribution is -2.25. The molecule has 0 aliphatic heterocycles. The zero-order valence-corrected chi connectivity index (χ0v) is 10.6. The molecule has 1 heterocycles. The van der Waals surface area contributed by atoms with Gasteiger partial charge < -0.3 is 11.1 Å². The Labute approximate surface area is 109 Å². The first kappa shape index (κ1) is 13.0. The Morgan fingerprint density at radius 3 is 2.89 bits per heavy atom. The van der Waals surface area contributed by atoms with E-state index in [4.69, 9.17) is 5.73 Å². The smallest absolute Gasteiger partial charge is 0.254 e. The number of nitrogens with two attached hydrogens (primary N) is 1. The second-order valence-corrected chi connectivity index (χ2v) is 4.22. The van der Waals surface area contributed by atoms with Crippen LogP contribution in [0.15, 0.2) is 18.5 Å². The molecule has 1 aromatic heterocycles. The van der Waals surface area contributed by atoms with E-state index in [0.29, 0.717) is 17.1 Å². The predicted octanol–water partition coefficient (Wildman–Crippen LogP) is 0.775. The number of rotatable bonds is 3. The van der Waals surface area contributed by atoms with Crippen molar-refractivity contribution in [2.24, 2.45) is 7.05 Å². The highest BCUT2D eigenvalue weighted by atomic mass is 19.1. The molecule has 2 rings (SSSR count). The van der Waals surface area contributed by atoms with Gasteiger partial charge in [-0.05, 0) is 24.6 Å². The minimum Gasteiger partial charge on any atom is -0.399 e. The topological polar surface area (TPSA) is 85.8 Å². The molecule has 0 aliphatic carbocycles. The van der Waals surface area contributed by atoms with E-state index in [9.17, 15) is 9.18 Å². The van der Waals surface area contributed by atoms with Crippen molar-refractivity contribution in [3.8, 4) is 0 Å². The van der Waals surface area contributed by atoms with Crippen molar-refractivity contribution in [1.29, 1.82) is 0 Å². The van der Waals surface area contributed by atoms with Crippen molar-refractivity contribution < 1.29 is 9.18 Å². The highest BCUT2D eigenvalue weighted by Crippen LogP contribution is 2.17. The van der Waals surface area contributed by atoms with Gasteiger partial charge in [-0.15, -0.1) is 0 Å². The number of benzene rings is 1. The van der Waals surface area contributed by atoms with Crippen LogP contribution in [0.4, 0.5) is 10.1 Å². The number of anilines is 1. The molecule has 2 aromatic rings. The van der Waals surface area contributed by atoms with Crippen LogP contribution < -0.4 is 11.1 Å². The van der Waals surface area contributed by atoms with Gasteiger partial charge in [0.25, 0.3) is 5.91 Å². The average Bonchev–Trinajstić information content (AvgIpc) is 2.76. The largest absolute Gasteiger partial charge is 0.399 e. The standard InChI is InChI=1S/C12H14FN5O/c1-7-3-8(14)4-9(11(7)13)12(19)15-5-10-16-6-18(2)17-10/h3-4,6H,5,14H2,1-2H3,(H,15,19). The molecule has 0 saturated heterocycles. The molecule has 0 atom stereocenters. The molecule has 0 spiro atoms. The van der Waals surface area contributed by atoms with E-state index in [1.54, 1.807) is 14.0 Å². The van der Waals surface area contributed by atoms with Gasteiger partial charge in [0, 0.05) is 12.7 Å². The Morgan fingerprint density at radius 1 is 1.53 bits per heavy atom. The quantitative estimate of drug-likeness (QED) is 0.801. The van der Waals surface area contributed by atoms with Gasteiger partial charge in [0.1, 0.15) is 12.1 Å². The van der Waals surface area contributed by atoms with Crippen LogP contribution in [0.25, 0.3) is 0 Å². The van der Waals surface area contributed by atoms with Crippen LogP contribution >= 0.6 is 0 Å². The summed E-state index contributed by atoms with van der Waals surface area (Å²) in [5.74, 6) is -0.655. The fourth-order valence-electron chi connectivity index (χ4n) is 1.68. The highest BCUT2D eigenvalue weighted by molar-refractivity contribution is 5.95. The van der Waals surface area contributed by atoms with Crippen LogP contribution in [0.5, 0.6) is 0 Å². The van der Waals surface area contributed by atoms with Crippen LogP contribution in [-0.2, 0) is 13.6 Å². The summed E-state index contributed by atoms with van der Waals surface area (Å²) < 4.78 is 15.3. The highest BCUT2D eigenvalue weighted by Gasteiger charge is 2.15. The minimum absolute atomic E-state index is 0.0755. The fourth-order valence-corrected chi connectivity index (χ4v) is 1.68. The Bertz CT molecular complexity index is 623. The number of amides is 1. The molecule has 3 N–H and O–H groups in total. The number of carbonyl (C=O) groups excluding carboxylic acids is 1. The van der Waals surface area contributed by atoms with E-state index < -0.39 is 11.7 Å². The Balaban J connectivity index is 2.12. The SMILES string of the molecule is Cc1cc(N)cc(C(=O)NCc2ncn(C)n2)c1F. The minimum atomic E-state index is -0.569. The zero-order valence-electron chi connectivity index (χ0n) is 10.6. The van der Waals surface area contributed by atoms with E-state index in [1.165, 1.54) is 23.1 Å². The number of hydrogen-bond acceptors (Lipinski definition) is 4. The van der Waals surface area contributed by atoms with E-state index in [1.807, 2.05) is 0 Å². The normalized spacial score (nSPS) is 10.5. The van der Waals surface area contributed by atoms with Crippen molar-refractivity contribution in [2.45, 2.75) is 13.5 Å². The van der Waals surface area contributed by atoms with Gasteiger partial charge in [-0.2, -0.15) is 5.10 Å². The summed E-state index contributed by atoms with van der Waals surface area (Å²) in [5.41, 5.74) is 6.21. The van der Waals surface area contributed by atoms with Gasteiger partial charge in [0.05, 0.1) is 12.1 Å². The van der Waals surface area contributed by atoms with Crippen LogP contribution in [-0.4, -0.2) is 20.7 Å². The molecule has 100 valence electrons. The third kappa shape index (κ3) is 2.87. The maximum absolute atomic E-state index is 13.8. The number of carbonyl (C=O) groups is 1. The number of halogens is 1. The average molecular weight is 263 g/mol. The van der Waals surface area contributed by atoms with E-state index in [-0.39, 0.29) is 12.1 Å². The monoisotopic (exact) mass is 263 g/mol. The van der Waals surface area contributed by atoms with Crippen molar-refractivity contribution in [3.63, 3.8) is 0 Å². The Hall–Kier alpha value is -2.44. The summed E-state index contributed by atoms with van der Waals surface area (Å²) in [6.45, 7) is 1.69. The first-order valence-corrected chi connectivity index (χ1v) is 5.65. The molecule has 1 aromatic carbocycles. The summed E-state index contributed by atoms with van der Waals surface area (Å²) in [6.07, 6.45) is 1.52. The molecular formula is C12H14FN5O. The number of aryl methyl sites for hydroxylation is 2. The summed E-state index contributed by atoms with van der Waals surface area (Å²) in [6, 6.07) is 2.79. The molecule has 6 nitrogen and oxygen atoms in total. The summed E-state index contributed by atoms with van der Waals surface area (Å²) in [7, 11) is 1.72. The third-order valence-corrected chi connectivity index (χ3v) is 2.58. The third-order valence-electron chi connectivity index (χ3n) is 2.58. The predicted molar refractivity (Wildman–Crippen MR) is 67.7 cm³/mol. The summed E-state index contributed by atoms with van der Waals surface area (Å²) in [4.78, 5) is 15.8. The molecule has 0 aliphatic rings. The molecular weight excluding hydrogens is 249 g/mol. The molecule has 0 bridgehead atoms. The molecule has 0 saturated carbocycles. The number of nitrogen functional groups attached to an aromatic ring is 1. The molecule has 1 amide bonds. The number of nitrogens with zero attached hydrogens (tertiary/aromatic N) is 3. The summed E-state index contributed by atoms with van der Waals surface area (Å²) >= 11 is 0. The first-order chi connectivity index (χ1) is 8.97. The molecule has 0 fully saturated rings. The van der Waals surface area contributed by atoms with Crippen molar-refractivity contribution in [3.05, 3.63) is 41.2 Å². The first-order valence-electron chi connectivity index (χ1n) is 5.65. The maximum Gasteiger partial charge on any atom is 0.254 e. The Morgan fingerprint density at radius 2 is 2.26 bits per heavy atom. The fraction of sp³-hybridized carbons (Fsp3) is 0.250. The number of nitrogens with one attached hydrogen (secondary N) is 1. The van der Waals surface area contributed by atoms with E-state index in [0.717, 1.165) is 0 Å². The van der Waals surface area contributed by atoms with Gasteiger partial charge in [0.2, 0.25) is 0 Å². The molecule has 19 heavy (non-hydrogen) atoms. The van der Waals surface area contributed by atoms with Crippen molar-refractivity contribution in [2.75, 3.05) is 5.73 Å². The van der Waals surface area contributed by atoms with Crippen LogP contribution in [0.2, 0.25) is 0 Å². The lowest BCUT2D eigenvalue weighted by molar-refractivity contribution is 0.0945. The van der Waals surface area contributed by atoms with Gasteiger partial charge in [0.15, 0.2) is 5.82 Å². The summed E-state index contributed by atoms with van der Waals surface area (Å²) in [5, 5.41) is 6.56. The van der Waals surface area contributed by atoms with E-state index in [2.05, 4.69) is 15.4 Å². The zero-order chi connectivity index (χ0) is 14.0. The lowest BCUT2D eigenvalue weighted by atomic mass is 10.1. The van der Waals surface area contributed by atoms with Gasteiger partial charge >= 0.3 is 0 Å². The maximum atomic E-state index is 13.8. The lowest BCUT2D eigenvalue weighted by Gasteiger charge is -2.07. The van der Waals surface area contributed by atoms with Crippen LogP contribution in [0.1, 0.15) is 21.7 Å². The van der Waals surface area contributed by atoms with Gasteiger partial charge in [-0.25, -0.2) is 9.37 Å². The van der Waals surface area contributed by atoms with Crippen LogP contribution in [0.3, 0.4) is 0 Å². The van der Waals surface area contributed by atoms with Crippen molar-refractivity contribution >= 4 is 11.6 Å². The molecule has 0 radical (unpaired) electrons. The van der Waals surface area contributed by atoms with Gasteiger partial charge in [-0.1, -0.05) is 0 Å². The molecule has 7 heteroatoms. The van der Waals surface area contributed by atoms with Crippen LogP contribution in [0, 0.1) is 12.7 Å². The van der Waals surface area contributed by atoms with E-state index >= 15 is 0 Å². The number of aromatic nitrogens is 3. The second kappa shape index (κ2) is 5.05. The van der Waals surface area contributed by atoms with Gasteiger partial charge in [-0.3, -0.25) is 9.48 Å². The second-order valence-electron chi connectivity index (χ2n) is 4.22.